The highest BCUT2D eigenvalue weighted by atomic mass is 32.1. The zero-order chi connectivity index (χ0) is 21.5. The molecule has 31 heavy (non-hydrogen) atoms. The van der Waals surface area contributed by atoms with E-state index < -0.39 is 0 Å². The van der Waals surface area contributed by atoms with Gasteiger partial charge in [0.2, 0.25) is 0 Å². The van der Waals surface area contributed by atoms with Crippen LogP contribution in [0, 0.1) is 0 Å². The number of likely N-dealkylation sites (tertiary alicyclic amines) is 1. The number of aliphatic imine (C=N–C) groups is 1. The van der Waals surface area contributed by atoms with Crippen molar-refractivity contribution in [1.82, 2.24) is 15.1 Å². The van der Waals surface area contributed by atoms with Gasteiger partial charge in [0, 0.05) is 50.2 Å². The maximum absolute atomic E-state index is 6.19. The Morgan fingerprint density at radius 1 is 1.29 bits per heavy atom. The van der Waals surface area contributed by atoms with E-state index in [1.807, 2.05) is 11.3 Å². The molecule has 4 heterocycles. The quantitative estimate of drug-likeness (QED) is 0.511. The number of piperidine rings is 1. The van der Waals surface area contributed by atoms with E-state index in [1.165, 1.54) is 24.8 Å². The number of ether oxygens (including phenoxy) is 2. The van der Waals surface area contributed by atoms with E-state index in [0.717, 1.165) is 77.7 Å². The zero-order valence-electron chi connectivity index (χ0n) is 19.4. The summed E-state index contributed by atoms with van der Waals surface area (Å²) in [5.41, 5.74) is 1.51. The van der Waals surface area contributed by atoms with Gasteiger partial charge in [-0.1, -0.05) is 0 Å². The van der Waals surface area contributed by atoms with Crippen LogP contribution in [0.15, 0.2) is 16.4 Å². The molecule has 0 saturated carbocycles. The van der Waals surface area contributed by atoms with Crippen molar-refractivity contribution >= 4 is 17.3 Å². The lowest BCUT2D eigenvalue weighted by atomic mass is 10.1. The van der Waals surface area contributed by atoms with Gasteiger partial charge in [-0.15, -0.1) is 11.3 Å². The van der Waals surface area contributed by atoms with E-state index >= 15 is 0 Å². The molecule has 2 atom stereocenters. The number of nitrogens with one attached hydrogen (secondary N) is 1. The first-order valence-corrected chi connectivity index (χ1v) is 13.2. The van der Waals surface area contributed by atoms with Gasteiger partial charge in [0.25, 0.3) is 0 Å². The normalized spacial score (nSPS) is 24.8. The highest BCUT2D eigenvalue weighted by molar-refractivity contribution is 7.10. The van der Waals surface area contributed by atoms with Crippen molar-refractivity contribution in [3.8, 4) is 0 Å². The minimum Gasteiger partial charge on any atom is -0.376 e. The molecule has 4 rings (SSSR count). The van der Waals surface area contributed by atoms with E-state index in [1.54, 1.807) is 4.88 Å². The summed E-state index contributed by atoms with van der Waals surface area (Å²) in [6.45, 7) is 12.1. The molecule has 1 aromatic heterocycles. The summed E-state index contributed by atoms with van der Waals surface area (Å²) in [6.07, 6.45) is 7.62. The topological polar surface area (TPSA) is 49.3 Å². The Labute approximate surface area is 192 Å². The van der Waals surface area contributed by atoms with Crippen molar-refractivity contribution in [1.29, 1.82) is 0 Å². The largest absolute Gasteiger partial charge is 0.376 e. The predicted octanol–water partition coefficient (Wildman–Crippen LogP) is 3.51. The lowest BCUT2D eigenvalue weighted by Crippen LogP contribution is -2.48. The molecular formula is C24H40N4O2S. The van der Waals surface area contributed by atoms with Crippen molar-refractivity contribution in [3.05, 3.63) is 21.9 Å². The average molecular weight is 449 g/mol. The molecule has 1 N–H and O–H groups in total. The fraction of sp³-hybridized carbons (Fsp3) is 0.792. The second-order valence-electron chi connectivity index (χ2n) is 9.14. The lowest BCUT2D eigenvalue weighted by Gasteiger charge is -2.35. The SMILES string of the molecule is CCNC(=NCC(C)N1CCc2sccc2C1)N1CCC(OCC2CCCCO2)CC1. The molecule has 2 saturated heterocycles. The molecule has 0 amide bonds. The van der Waals surface area contributed by atoms with Crippen molar-refractivity contribution < 1.29 is 9.47 Å². The first-order valence-electron chi connectivity index (χ1n) is 12.3. The number of fused-ring (bicyclic) bond motifs is 1. The molecule has 7 heteroatoms. The Bertz CT molecular complexity index is 696. The first kappa shape index (κ1) is 23.0. The highest BCUT2D eigenvalue weighted by Crippen LogP contribution is 2.25. The summed E-state index contributed by atoms with van der Waals surface area (Å²) >= 11 is 1.91. The molecule has 0 aliphatic carbocycles. The van der Waals surface area contributed by atoms with Crippen LogP contribution < -0.4 is 5.32 Å². The van der Waals surface area contributed by atoms with Gasteiger partial charge in [-0.2, -0.15) is 0 Å². The van der Waals surface area contributed by atoms with E-state index in [9.17, 15) is 0 Å². The van der Waals surface area contributed by atoms with Gasteiger partial charge in [-0.05, 0) is 69.4 Å². The zero-order valence-corrected chi connectivity index (χ0v) is 20.2. The lowest BCUT2D eigenvalue weighted by molar-refractivity contribution is -0.0721. The van der Waals surface area contributed by atoms with Crippen LogP contribution >= 0.6 is 11.3 Å². The van der Waals surface area contributed by atoms with Crippen LogP contribution in [0.25, 0.3) is 0 Å². The molecule has 3 aliphatic heterocycles. The maximum atomic E-state index is 6.19. The Hall–Kier alpha value is -1.15. The molecule has 0 bridgehead atoms. The van der Waals surface area contributed by atoms with Crippen LogP contribution in [0.4, 0.5) is 0 Å². The minimum atomic E-state index is 0.312. The van der Waals surface area contributed by atoms with Crippen molar-refractivity contribution in [2.75, 3.05) is 45.9 Å². The fourth-order valence-electron chi connectivity index (χ4n) is 4.82. The summed E-state index contributed by atoms with van der Waals surface area (Å²) < 4.78 is 12.0. The van der Waals surface area contributed by atoms with E-state index in [2.05, 4.69) is 40.4 Å². The molecule has 0 aromatic carbocycles. The minimum absolute atomic E-state index is 0.312. The van der Waals surface area contributed by atoms with Gasteiger partial charge in [-0.25, -0.2) is 0 Å². The van der Waals surface area contributed by atoms with Crippen molar-refractivity contribution in [3.63, 3.8) is 0 Å². The van der Waals surface area contributed by atoms with Crippen LogP contribution in [-0.4, -0.2) is 79.9 Å². The van der Waals surface area contributed by atoms with Gasteiger partial charge in [0.15, 0.2) is 5.96 Å². The average Bonchev–Trinajstić information content (AvgIpc) is 3.29. The number of nitrogens with zero attached hydrogens (tertiary/aromatic N) is 3. The van der Waals surface area contributed by atoms with Crippen molar-refractivity contribution in [2.45, 2.75) is 77.2 Å². The number of guanidine groups is 1. The predicted molar refractivity (Wildman–Crippen MR) is 128 cm³/mol. The van der Waals surface area contributed by atoms with Crippen LogP contribution in [0.5, 0.6) is 0 Å². The number of hydrogen-bond donors (Lipinski definition) is 1. The molecule has 0 spiro atoms. The fourth-order valence-corrected chi connectivity index (χ4v) is 5.71. The smallest absolute Gasteiger partial charge is 0.193 e. The molecule has 174 valence electrons. The molecule has 3 aliphatic rings. The number of thiophene rings is 1. The molecule has 1 aromatic rings. The van der Waals surface area contributed by atoms with Gasteiger partial charge in [0.05, 0.1) is 25.4 Å². The Morgan fingerprint density at radius 2 is 2.16 bits per heavy atom. The molecule has 6 nitrogen and oxygen atoms in total. The Kier molecular flexibility index (Phi) is 8.64. The van der Waals surface area contributed by atoms with E-state index in [0.29, 0.717) is 18.2 Å². The maximum Gasteiger partial charge on any atom is 0.193 e. The van der Waals surface area contributed by atoms with Crippen molar-refractivity contribution in [2.24, 2.45) is 4.99 Å². The van der Waals surface area contributed by atoms with Crippen LogP contribution in [0.2, 0.25) is 0 Å². The van der Waals surface area contributed by atoms with Gasteiger partial charge in [0.1, 0.15) is 0 Å². The second kappa shape index (κ2) is 11.6. The number of rotatable bonds is 7. The van der Waals surface area contributed by atoms with E-state index in [4.69, 9.17) is 14.5 Å². The third-order valence-corrected chi connectivity index (χ3v) is 7.86. The van der Waals surface area contributed by atoms with Crippen LogP contribution in [0.1, 0.15) is 56.4 Å². The molecular weight excluding hydrogens is 408 g/mol. The first-order chi connectivity index (χ1) is 15.2. The standard InChI is InChI=1S/C24H40N4O2S/c1-3-25-24(26-16-19(2)28-13-9-23-20(17-28)10-15-31-23)27-11-7-21(8-12-27)30-18-22-6-4-5-14-29-22/h10,15,19,21-22H,3-9,11-14,16-18H2,1-2H3,(H,25,26). The monoisotopic (exact) mass is 448 g/mol. The van der Waals surface area contributed by atoms with Crippen LogP contribution in [-0.2, 0) is 22.4 Å². The summed E-state index contributed by atoms with van der Waals surface area (Å²) in [5.74, 6) is 1.07. The molecule has 0 radical (unpaired) electrons. The van der Waals surface area contributed by atoms with E-state index in [-0.39, 0.29) is 0 Å². The second-order valence-corrected chi connectivity index (χ2v) is 10.1. The summed E-state index contributed by atoms with van der Waals surface area (Å²) in [6, 6.07) is 2.75. The molecule has 2 unspecified atom stereocenters. The number of hydrogen-bond acceptors (Lipinski definition) is 5. The van der Waals surface area contributed by atoms with Gasteiger partial charge < -0.3 is 19.7 Å². The van der Waals surface area contributed by atoms with Crippen LogP contribution in [0.3, 0.4) is 0 Å². The molecule has 2 fully saturated rings. The Morgan fingerprint density at radius 3 is 2.94 bits per heavy atom. The summed E-state index contributed by atoms with van der Waals surface area (Å²) in [4.78, 5) is 11.6. The van der Waals surface area contributed by atoms with Gasteiger partial charge in [-0.3, -0.25) is 9.89 Å². The summed E-state index contributed by atoms with van der Waals surface area (Å²) in [5, 5.41) is 5.75. The summed E-state index contributed by atoms with van der Waals surface area (Å²) in [7, 11) is 0. The Balaban J connectivity index is 1.23. The highest BCUT2D eigenvalue weighted by Gasteiger charge is 2.25. The third-order valence-electron chi connectivity index (χ3n) is 6.83. The third kappa shape index (κ3) is 6.44. The van der Waals surface area contributed by atoms with Gasteiger partial charge >= 0.3 is 0 Å².